The fraction of sp³-hybridized carbons (Fsp3) is 0.588. The number of nitriles is 1. The number of hydrogen-bond acceptors (Lipinski definition) is 4. The van der Waals surface area contributed by atoms with Gasteiger partial charge in [0.05, 0.1) is 12.2 Å². The van der Waals surface area contributed by atoms with Gasteiger partial charge < -0.3 is 0 Å². The van der Waals surface area contributed by atoms with E-state index in [4.69, 9.17) is 0 Å². The van der Waals surface area contributed by atoms with Crippen LogP contribution in [-0.4, -0.2) is 49.4 Å². The summed E-state index contributed by atoms with van der Waals surface area (Å²) >= 11 is 1.67. The van der Waals surface area contributed by atoms with Crippen LogP contribution >= 0.6 is 11.8 Å². The van der Waals surface area contributed by atoms with Crippen molar-refractivity contribution in [3.63, 3.8) is 0 Å². The first-order valence-corrected chi connectivity index (χ1v) is 8.15. The van der Waals surface area contributed by atoms with Gasteiger partial charge in [0.2, 0.25) is 0 Å². The van der Waals surface area contributed by atoms with E-state index in [-0.39, 0.29) is 11.4 Å². The van der Waals surface area contributed by atoms with Gasteiger partial charge in [-0.25, -0.2) is 0 Å². The molecule has 0 aliphatic rings. The molecule has 3 nitrogen and oxygen atoms in total. The van der Waals surface area contributed by atoms with Gasteiger partial charge in [0.15, 0.2) is 0 Å². The van der Waals surface area contributed by atoms with Crippen LogP contribution < -0.4 is 0 Å². The molecule has 0 saturated carbocycles. The second kappa shape index (κ2) is 7.84. The Kier molecular flexibility index (Phi) is 6.73. The van der Waals surface area contributed by atoms with Crippen LogP contribution in [0.5, 0.6) is 0 Å². The monoisotopic (exact) mass is 305 g/mol. The maximum absolute atomic E-state index is 9.62. The summed E-state index contributed by atoms with van der Waals surface area (Å²) < 4.78 is 0. The van der Waals surface area contributed by atoms with Crippen molar-refractivity contribution in [1.29, 1.82) is 5.26 Å². The highest BCUT2D eigenvalue weighted by Crippen LogP contribution is 2.34. The van der Waals surface area contributed by atoms with Crippen molar-refractivity contribution in [1.82, 2.24) is 9.80 Å². The van der Waals surface area contributed by atoms with Crippen molar-refractivity contribution >= 4 is 11.8 Å². The first-order valence-electron chi connectivity index (χ1n) is 7.27. The molecule has 0 radical (unpaired) electrons. The minimum atomic E-state index is -0.129. The number of rotatable bonds is 6. The molecular formula is C17H27N3S. The molecule has 0 heterocycles. The lowest BCUT2D eigenvalue weighted by molar-refractivity contribution is 0.138. The molecule has 0 N–H and O–H groups in total. The quantitative estimate of drug-likeness (QED) is 0.594. The third-order valence-corrected chi connectivity index (χ3v) is 4.73. The van der Waals surface area contributed by atoms with Gasteiger partial charge in [0.25, 0.3) is 0 Å². The molecule has 4 heteroatoms. The molecule has 0 amide bonds. The zero-order valence-corrected chi connectivity index (χ0v) is 15.0. The molecule has 1 aromatic rings. The first kappa shape index (κ1) is 18.0. The van der Waals surface area contributed by atoms with Gasteiger partial charge in [-0.05, 0) is 52.7 Å². The first-order chi connectivity index (χ1) is 9.77. The van der Waals surface area contributed by atoms with Crippen LogP contribution in [0.15, 0.2) is 23.1 Å². The second-order valence-corrected chi connectivity index (χ2v) is 7.39. The molecule has 0 aliphatic heterocycles. The summed E-state index contributed by atoms with van der Waals surface area (Å²) in [5.41, 5.74) is 2.60. The molecule has 1 aromatic carbocycles. The van der Waals surface area contributed by atoms with Crippen molar-refractivity contribution in [2.75, 3.05) is 28.2 Å². The highest BCUT2D eigenvalue weighted by atomic mass is 32.2. The van der Waals surface area contributed by atoms with Gasteiger partial charge in [0.1, 0.15) is 5.25 Å². The standard InChI is InChI=1S/C17H27N3S/c1-12(2)14-10-13(3)8-9-15(14)21-16(11-18)17(19(4)5)20(6)7/h8-10,12,16-17H,1-7H3. The molecule has 116 valence electrons. The van der Waals surface area contributed by atoms with Crippen LogP contribution in [0.3, 0.4) is 0 Å². The summed E-state index contributed by atoms with van der Waals surface area (Å²) in [5, 5.41) is 9.49. The Morgan fingerprint density at radius 1 is 1.10 bits per heavy atom. The number of thioether (sulfide) groups is 1. The normalized spacial score (nSPS) is 13.2. The largest absolute Gasteiger partial charge is 0.292 e. The van der Waals surface area contributed by atoms with E-state index >= 15 is 0 Å². The van der Waals surface area contributed by atoms with Crippen LogP contribution in [0.1, 0.15) is 30.9 Å². The second-order valence-electron chi connectivity index (χ2n) is 6.20. The summed E-state index contributed by atoms with van der Waals surface area (Å²) in [4.78, 5) is 5.42. The Morgan fingerprint density at radius 2 is 1.67 bits per heavy atom. The fourth-order valence-electron chi connectivity index (χ4n) is 2.52. The van der Waals surface area contributed by atoms with E-state index in [2.05, 4.69) is 54.8 Å². The summed E-state index contributed by atoms with van der Waals surface area (Å²) in [6.45, 7) is 6.52. The molecule has 0 bridgehead atoms. The van der Waals surface area contributed by atoms with Gasteiger partial charge in [-0.3, -0.25) is 9.80 Å². The van der Waals surface area contributed by atoms with E-state index < -0.39 is 0 Å². The zero-order valence-electron chi connectivity index (χ0n) is 14.2. The molecule has 1 unspecified atom stereocenters. The van der Waals surface area contributed by atoms with E-state index in [0.29, 0.717) is 5.92 Å². The predicted octanol–water partition coefficient (Wildman–Crippen LogP) is 3.55. The zero-order chi connectivity index (χ0) is 16.2. The summed E-state index contributed by atoms with van der Waals surface area (Å²) in [5.74, 6) is 0.462. The van der Waals surface area contributed by atoms with Gasteiger partial charge in [-0.1, -0.05) is 31.5 Å². The lowest BCUT2D eigenvalue weighted by Gasteiger charge is -2.33. The van der Waals surface area contributed by atoms with Crippen LogP contribution in [0.4, 0.5) is 0 Å². The van der Waals surface area contributed by atoms with Gasteiger partial charge in [-0.2, -0.15) is 5.26 Å². The highest BCUT2D eigenvalue weighted by molar-refractivity contribution is 8.00. The lowest BCUT2D eigenvalue weighted by Crippen LogP contribution is -2.47. The maximum atomic E-state index is 9.62. The average molecular weight is 305 g/mol. The maximum Gasteiger partial charge on any atom is 0.125 e. The van der Waals surface area contributed by atoms with Crippen LogP contribution in [0.2, 0.25) is 0 Å². The van der Waals surface area contributed by atoms with Crippen LogP contribution in [0, 0.1) is 18.3 Å². The van der Waals surface area contributed by atoms with E-state index in [1.807, 2.05) is 28.2 Å². The molecule has 0 aliphatic carbocycles. The molecule has 0 fully saturated rings. The Labute approximate surface area is 133 Å². The minimum Gasteiger partial charge on any atom is -0.292 e. The molecule has 0 spiro atoms. The van der Waals surface area contributed by atoms with E-state index in [1.54, 1.807) is 11.8 Å². The summed E-state index contributed by atoms with van der Waals surface area (Å²) in [7, 11) is 8.09. The predicted molar refractivity (Wildman–Crippen MR) is 91.7 cm³/mol. The fourth-order valence-corrected chi connectivity index (χ4v) is 4.03. The highest BCUT2D eigenvalue weighted by Gasteiger charge is 2.27. The van der Waals surface area contributed by atoms with Gasteiger partial charge in [-0.15, -0.1) is 11.8 Å². The average Bonchev–Trinajstić information content (AvgIpc) is 2.38. The van der Waals surface area contributed by atoms with Crippen molar-refractivity contribution < 1.29 is 0 Å². The molecular weight excluding hydrogens is 278 g/mol. The number of benzene rings is 1. The number of nitrogens with zero attached hydrogens (tertiary/aromatic N) is 3. The van der Waals surface area contributed by atoms with Crippen molar-refractivity contribution in [2.45, 2.75) is 43.0 Å². The molecule has 21 heavy (non-hydrogen) atoms. The number of aryl methyl sites for hydroxylation is 1. The molecule has 0 aromatic heterocycles. The van der Waals surface area contributed by atoms with E-state index in [0.717, 1.165) is 0 Å². The Hall–Kier alpha value is -1.02. The summed E-state index contributed by atoms with van der Waals surface area (Å²) in [6, 6.07) is 8.99. The topological polar surface area (TPSA) is 30.3 Å². The van der Waals surface area contributed by atoms with Crippen molar-refractivity contribution in [2.24, 2.45) is 0 Å². The third kappa shape index (κ3) is 4.74. The van der Waals surface area contributed by atoms with E-state index in [9.17, 15) is 5.26 Å². The molecule has 1 atom stereocenters. The van der Waals surface area contributed by atoms with Crippen LogP contribution in [-0.2, 0) is 0 Å². The SMILES string of the molecule is Cc1ccc(SC(C#N)C(N(C)C)N(C)C)c(C(C)C)c1. The Balaban J connectivity index is 3.10. The minimum absolute atomic E-state index is 0.0846. The smallest absolute Gasteiger partial charge is 0.125 e. The number of hydrogen-bond donors (Lipinski definition) is 0. The molecule has 1 rings (SSSR count). The van der Waals surface area contributed by atoms with Crippen molar-refractivity contribution in [3.8, 4) is 6.07 Å². The molecule has 0 saturated heterocycles. The van der Waals surface area contributed by atoms with Gasteiger partial charge >= 0.3 is 0 Å². The lowest BCUT2D eigenvalue weighted by atomic mass is 10.0. The van der Waals surface area contributed by atoms with Crippen LogP contribution in [0.25, 0.3) is 0 Å². The Bertz CT molecular complexity index is 495. The third-order valence-electron chi connectivity index (χ3n) is 3.50. The summed E-state index contributed by atoms with van der Waals surface area (Å²) in [6.07, 6.45) is 0.0846. The van der Waals surface area contributed by atoms with Crippen molar-refractivity contribution in [3.05, 3.63) is 29.3 Å². The van der Waals surface area contributed by atoms with Gasteiger partial charge in [0, 0.05) is 4.90 Å². The van der Waals surface area contributed by atoms with E-state index in [1.165, 1.54) is 16.0 Å². The Morgan fingerprint density at radius 3 is 2.10 bits per heavy atom.